The number of fused-ring (bicyclic) bond motifs is 5. The Hall–Kier alpha value is -2.10. The van der Waals surface area contributed by atoms with Gasteiger partial charge in [-0.2, -0.15) is 0 Å². The number of unbranched alkanes of at least 4 members (excludes halogenated alkanes) is 22. The van der Waals surface area contributed by atoms with Gasteiger partial charge in [0, 0.05) is 0 Å². The topological polar surface area (TPSA) is 35.6 Å². The van der Waals surface area contributed by atoms with Crippen LogP contribution in [0.4, 0.5) is 0 Å². The molecule has 0 unspecified atom stereocenters. The van der Waals surface area contributed by atoms with Gasteiger partial charge in [0.15, 0.2) is 0 Å². The van der Waals surface area contributed by atoms with Crippen LogP contribution in [0.3, 0.4) is 0 Å². The number of aromatic nitrogens is 4. The monoisotopic (exact) mass is 732 g/mol. The molecule has 49 heavy (non-hydrogen) atoms. The van der Waals surface area contributed by atoms with E-state index in [0.717, 1.165) is 23.9 Å². The first-order valence-corrected chi connectivity index (χ1v) is 22.5. The van der Waals surface area contributed by atoms with E-state index in [0.29, 0.717) is 14.5 Å². The van der Waals surface area contributed by atoms with E-state index < -0.39 is 0 Å². The normalized spacial score (nSPS) is 12.2. The van der Waals surface area contributed by atoms with Crippen molar-refractivity contribution in [2.45, 2.75) is 181 Å². The summed E-state index contributed by atoms with van der Waals surface area (Å²) < 4.78 is 7.74. The van der Waals surface area contributed by atoms with Gasteiger partial charge in [0.1, 0.15) is 0 Å². The molecule has 0 aliphatic carbocycles. The molecule has 0 aliphatic heterocycles. The predicted molar refractivity (Wildman–Crippen MR) is 217 cm³/mol. The summed E-state index contributed by atoms with van der Waals surface area (Å²) in [4.78, 5) is 10.3. The van der Waals surface area contributed by atoms with Crippen LogP contribution in [-0.2, 0) is 26.9 Å². The fourth-order valence-corrected chi connectivity index (χ4v) is 10.3. The summed E-state index contributed by atoms with van der Waals surface area (Å²) >= 11 is 0.326. The molecule has 0 atom stereocenters. The van der Waals surface area contributed by atoms with Crippen LogP contribution in [0.25, 0.3) is 41.4 Å². The average Bonchev–Trinajstić information content (AvgIpc) is 3.72. The zero-order chi connectivity index (χ0) is 34.3. The first-order valence-electron chi connectivity index (χ1n) is 20.8. The van der Waals surface area contributed by atoms with Gasteiger partial charge >= 0.3 is 215 Å². The summed E-state index contributed by atoms with van der Waals surface area (Å²) in [7, 11) is 4.45. The number of benzene rings is 2. The summed E-state index contributed by atoms with van der Waals surface area (Å²) in [5.74, 6) is 2.50. The SMILES string of the molecule is CCCCCCCCCCCCCCc1nc2cc3c(cc2n1C)[se]c1cc2c(cc13)nc(CCCCCCCCCCCCCC)n2C. The molecule has 0 saturated heterocycles. The van der Waals surface area contributed by atoms with E-state index in [2.05, 4.69) is 61.3 Å². The van der Waals surface area contributed by atoms with E-state index >= 15 is 0 Å². The third-order valence-electron chi connectivity index (χ3n) is 11.2. The van der Waals surface area contributed by atoms with Crippen molar-refractivity contribution in [2.75, 3.05) is 0 Å². The average molecular weight is 732 g/mol. The van der Waals surface area contributed by atoms with E-state index in [4.69, 9.17) is 9.97 Å². The van der Waals surface area contributed by atoms with Crippen LogP contribution >= 0.6 is 0 Å². The molecule has 0 radical (unpaired) electrons. The molecule has 5 aromatic rings. The van der Waals surface area contributed by atoms with Crippen molar-refractivity contribution in [3.05, 3.63) is 35.9 Å². The molecule has 4 nitrogen and oxygen atoms in total. The maximum atomic E-state index is 5.17. The van der Waals surface area contributed by atoms with Crippen LogP contribution in [0.2, 0.25) is 0 Å². The minimum atomic E-state index is 0.326. The van der Waals surface area contributed by atoms with Gasteiger partial charge in [-0.1, -0.05) is 90.9 Å². The Labute approximate surface area is 304 Å². The molecular formula is C44H68N4Se. The summed E-state index contributed by atoms with van der Waals surface area (Å²) in [6, 6.07) is 9.65. The minimum absolute atomic E-state index is 0.326. The molecule has 0 aliphatic rings. The predicted octanol–water partition coefficient (Wildman–Crippen LogP) is 13.3. The van der Waals surface area contributed by atoms with Gasteiger partial charge in [-0.15, -0.1) is 0 Å². The van der Waals surface area contributed by atoms with Gasteiger partial charge in [-0.05, 0) is 0 Å². The maximum absolute atomic E-state index is 5.17. The Morgan fingerprint density at radius 2 is 0.735 bits per heavy atom. The van der Waals surface area contributed by atoms with Crippen molar-refractivity contribution in [1.29, 1.82) is 0 Å². The molecule has 270 valence electrons. The van der Waals surface area contributed by atoms with Crippen molar-refractivity contribution in [1.82, 2.24) is 19.1 Å². The number of rotatable bonds is 26. The number of imidazole rings is 2. The molecule has 0 fully saturated rings. The van der Waals surface area contributed by atoms with Crippen LogP contribution < -0.4 is 0 Å². The summed E-state index contributed by atoms with van der Waals surface area (Å²) in [5.41, 5.74) is 4.92. The molecule has 2 aromatic carbocycles. The molecule has 5 rings (SSSR count). The van der Waals surface area contributed by atoms with Gasteiger partial charge < -0.3 is 0 Å². The van der Waals surface area contributed by atoms with Crippen LogP contribution in [-0.4, -0.2) is 33.6 Å². The summed E-state index contributed by atoms with van der Waals surface area (Å²) in [6.45, 7) is 4.60. The molecule has 3 heterocycles. The van der Waals surface area contributed by atoms with Gasteiger partial charge in [-0.3, -0.25) is 0 Å². The first-order chi connectivity index (χ1) is 24.1. The first kappa shape index (κ1) is 38.1. The van der Waals surface area contributed by atoms with Gasteiger partial charge in [-0.25, -0.2) is 0 Å². The number of aryl methyl sites for hydroxylation is 4. The molecule has 0 spiro atoms. The van der Waals surface area contributed by atoms with Crippen LogP contribution in [0.15, 0.2) is 24.3 Å². The zero-order valence-corrected chi connectivity index (χ0v) is 33.6. The Morgan fingerprint density at radius 1 is 0.429 bits per heavy atom. The number of nitrogens with zero attached hydrogens (tertiary/aromatic N) is 4. The summed E-state index contributed by atoms with van der Waals surface area (Å²) in [5, 5.41) is 2.79. The molecule has 3 aromatic heterocycles. The quantitative estimate of drug-likeness (QED) is 0.0419. The standard InChI is InChI=1S/C44H68N4Se/c1-5-7-9-11-13-15-17-19-21-23-25-27-29-43-45-37-31-35-36-32-38-40(34-42(36)49-41(35)33-39(37)47(43)3)48(4)44(46-38)30-28-26-24-22-20-18-16-14-12-10-8-6-2/h31-34H,5-30H2,1-4H3. The Balaban J connectivity index is 1.09. The van der Waals surface area contributed by atoms with Gasteiger partial charge in [0.05, 0.1) is 0 Å². The van der Waals surface area contributed by atoms with Crippen molar-refractivity contribution in [3.8, 4) is 0 Å². The van der Waals surface area contributed by atoms with Crippen molar-refractivity contribution in [2.24, 2.45) is 14.1 Å². The van der Waals surface area contributed by atoms with E-state index in [1.807, 2.05) is 0 Å². The fourth-order valence-electron chi connectivity index (χ4n) is 7.94. The van der Waals surface area contributed by atoms with Crippen LogP contribution in [0.5, 0.6) is 0 Å². The van der Waals surface area contributed by atoms with Crippen LogP contribution in [0.1, 0.15) is 180 Å². The van der Waals surface area contributed by atoms with Gasteiger partial charge in [0.2, 0.25) is 0 Å². The van der Waals surface area contributed by atoms with Crippen molar-refractivity contribution in [3.63, 3.8) is 0 Å². The van der Waals surface area contributed by atoms with E-state index in [-0.39, 0.29) is 0 Å². The Bertz CT molecular complexity index is 1560. The molecule has 0 bridgehead atoms. The number of hydrogen-bond acceptors (Lipinski definition) is 2. The molecule has 5 heteroatoms. The Kier molecular flexibility index (Phi) is 16.1. The van der Waals surface area contributed by atoms with E-state index in [1.165, 1.54) is 196 Å². The molecule has 0 saturated carbocycles. The van der Waals surface area contributed by atoms with E-state index in [9.17, 15) is 0 Å². The third-order valence-corrected chi connectivity index (χ3v) is 13.5. The summed E-state index contributed by atoms with van der Waals surface area (Å²) in [6.07, 6.45) is 35.6. The zero-order valence-electron chi connectivity index (χ0n) is 31.9. The van der Waals surface area contributed by atoms with Crippen LogP contribution in [0, 0.1) is 0 Å². The second-order valence-corrected chi connectivity index (χ2v) is 17.5. The third kappa shape index (κ3) is 10.9. The molecular weight excluding hydrogens is 663 g/mol. The second kappa shape index (κ2) is 20.7. The Morgan fingerprint density at radius 3 is 1.06 bits per heavy atom. The van der Waals surface area contributed by atoms with Gasteiger partial charge in [0.25, 0.3) is 0 Å². The second-order valence-electron chi connectivity index (χ2n) is 15.2. The van der Waals surface area contributed by atoms with E-state index in [1.54, 1.807) is 0 Å². The van der Waals surface area contributed by atoms with Crippen molar-refractivity contribution >= 4 is 55.9 Å². The molecule has 0 N–H and O–H groups in total. The molecule has 0 amide bonds. The number of hydrogen-bond donors (Lipinski definition) is 0. The van der Waals surface area contributed by atoms with Crippen molar-refractivity contribution < 1.29 is 0 Å². The fraction of sp³-hybridized carbons (Fsp3) is 0.682.